The normalized spacial score (nSPS) is 18.5. The van der Waals surface area contributed by atoms with Gasteiger partial charge in [0.2, 0.25) is 0 Å². The molecule has 18 heavy (non-hydrogen) atoms. The molecule has 1 aliphatic rings. The first-order valence-electron chi connectivity index (χ1n) is 6.33. The number of hydrogen-bond donors (Lipinski definition) is 0. The monoisotopic (exact) mass is 268 g/mol. The Balaban J connectivity index is 1.96. The summed E-state index contributed by atoms with van der Waals surface area (Å²) in [4.78, 5) is 12.4. The van der Waals surface area contributed by atoms with Gasteiger partial charge in [0, 0.05) is 10.8 Å². The van der Waals surface area contributed by atoms with Gasteiger partial charge >= 0.3 is 0 Å². The van der Waals surface area contributed by atoms with Crippen molar-refractivity contribution >= 4 is 16.6 Å². The van der Waals surface area contributed by atoms with Crippen molar-refractivity contribution in [2.75, 3.05) is 5.75 Å². The van der Waals surface area contributed by atoms with E-state index in [1.807, 2.05) is 0 Å². The summed E-state index contributed by atoms with van der Waals surface area (Å²) in [5, 5.41) is 0. The van der Waals surface area contributed by atoms with Crippen LogP contribution in [0.15, 0.2) is 29.2 Å². The van der Waals surface area contributed by atoms with Crippen LogP contribution in [0.1, 0.15) is 32.1 Å². The van der Waals surface area contributed by atoms with Crippen molar-refractivity contribution in [2.45, 2.75) is 37.0 Å². The second kappa shape index (κ2) is 6.23. The molecule has 0 N–H and O–H groups in total. The summed E-state index contributed by atoms with van der Waals surface area (Å²) in [6.45, 7) is 0. The van der Waals surface area contributed by atoms with E-state index in [-0.39, 0.29) is 17.5 Å². The van der Waals surface area contributed by atoms with Crippen LogP contribution in [0.25, 0.3) is 0 Å². The van der Waals surface area contributed by atoms with Crippen molar-refractivity contribution in [3.05, 3.63) is 30.1 Å². The Morgan fingerprint density at radius 1 is 1.28 bits per heavy atom. The topological polar surface area (TPSA) is 34.1 Å². The maximum Gasteiger partial charge on any atom is 0.148 e. The average molecular weight is 268 g/mol. The summed E-state index contributed by atoms with van der Waals surface area (Å²) >= 11 is 0. The van der Waals surface area contributed by atoms with Crippen molar-refractivity contribution in [1.82, 2.24) is 0 Å². The van der Waals surface area contributed by atoms with Crippen LogP contribution in [-0.2, 0) is 15.6 Å². The van der Waals surface area contributed by atoms with E-state index in [9.17, 15) is 13.4 Å². The van der Waals surface area contributed by atoms with Crippen LogP contribution in [-0.4, -0.2) is 15.7 Å². The summed E-state index contributed by atoms with van der Waals surface area (Å²) in [5.74, 6) is -0.256. The van der Waals surface area contributed by atoms with Gasteiger partial charge in [-0.2, -0.15) is 0 Å². The van der Waals surface area contributed by atoms with Gasteiger partial charge in [0.25, 0.3) is 0 Å². The van der Waals surface area contributed by atoms with E-state index < -0.39 is 16.6 Å². The number of ketones is 1. The molecule has 0 amide bonds. The van der Waals surface area contributed by atoms with Crippen LogP contribution in [0, 0.1) is 11.7 Å². The molecular weight excluding hydrogens is 251 g/mol. The lowest BCUT2D eigenvalue weighted by atomic mass is 9.87. The minimum Gasteiger partial charge on any atom is -0.298 e. The second-order valence-corrected chi connectivity index (χ2v) is 6.20. The number of benzene rings is 1. The first-order valence-corrected chi connectivity index (χ1v) is 7.65. The molecule has 98 valence electrons. The Hall–Kier alpha value is -1.03. The molecular formula is C14H17FO2S. The maximum absolute atomic E-state index is 13.0. The highest BCUT2D eigenvalue weighted by Crippen LogP contribution is 2.25. The van der Waals surface area contributed by atoms with E-state index in [0.29, 0.717) is 4.90 Å². The minimum absolute atomic E-state index is 0.0219. The molecule has 2 nitrogen and oxygen atoms in total. The highest BCUT2D eigenvalue weighted by molar-refractivity contribution is 7.85. The molecule has 1 saturated carbocycles. The third-order valence-electron chi connectivity index (χ3n) is 3.39. The molecule has 1 aromatic rings. The lowest BCUT2D eigenvalue weighted by Gasteiger charge is -2.19. The van der Waals surface area contributed by atoms with E-state index in [4.69, 9.17) is 0 Å². The van der Waals surface area contributed by atoms with Gasteiger partial charge in [-0.15, -0.1) is 0 Å². The van der Waals surface area contributed by atoms with Crippen molar-refractivity contribution in [1.29, 1.82) is 0 Å². The van der Waals surface area contributed by atoms with Crippen LogP contribution in [0.4, 0.5) is 4.39 Å². The second-order valence-electron chi connectivity index (χ2n) is 4.75. The zero-order chi connectivity index (χ0) is 13.0. The first kappa shape index (κ1) is 13.4. The van der Waals surface area contributed by atoms with Gasteiger partial charge in [0.1, 0.15) is 11.6 Å². The van der Waals surface area contributed by atoms with Gasteiger partial charge in [-0.3, -0.25) is 9.00 Å². The van der Waals surface area contributed by atoms with Gasteiger partial charge in [-0.1, -0.05) is 25.3 Å². The Labute approximate surface area is 109 Å². The Bertz CT molecular complexity index is 453. The van der Waals surface area contributed by atoms with Crippen molar-refractivity contribution < 1.29 is 13.4 Å². The van der Waals surface area contributed by atoms with Gasteiger partial charge in [-0.05, 0) is 31.0 Å². The molecule has 1 unspecified atom stereocenters. The fraction of sp³-hybridized carbons (Fsp3) is 0.500. The smallest absolute Gasteiger partial charge is 0.148 e. The molecule has 0 spiro atoms. The summed E-state index contributed by atoms with van der Waals surface area (Å²) in [6.07, 6.45) is 5.20. The number of rotatable bonds is 4. The number of halogens is 1. The van der Waals surface area contributed by atoms with Crippen molar-refractivity contribution in [3.8, 4) is 0 Å². The average Bonchev–Trinajstić information content (AvgIpc) is 2.39. The number of carbonyl (C=O) groups is 1. The van der Waals surface area contributed by atoms with Crippen LogP contribution in [0.5, 0.6) is 0 Å². The number of Topliss-reactive ketones (excluding diaryl/α,β-unsaturated/α-hetero) is 1. The molecule has 0 aromatic heterocycles. The lowest BCUT2D eigenvalue weighted by Crippen LogP contribution is -2.23. The highest BCUT2D eigenvalue weighted by Gasteiger charge is 2.23. The third-order valence-corrected chi connectivity index (χ3v) is 4.72. The Morgan fingerprint density at radius 2 is 2.00 bits per heavy atom. The van der Waals surface area contributed by atoms with Crippen LogP contribution < -0.4 is 0 Å². The molecule has 0 heterocycles. The third kappa shape index (κ3) is 3.48. The summed E-state index contributed by atoms with van der Waals surface area (Å²) in [7, 11) is -1.41. The molecule has 1 aromatic carbocycles. The predicted molar refractivity (Wildman–Crippen MR) is 69.3 cm³/mol. The van der Waals surface area contributed by atoms with Gasteiger partial charge < -0.3 is 0 Å². The van der Waals surface area contributed by atoms with E-state index >= 15 is 0 Å². The zero-order valence-corrected chi connectivity index (χ0v) is 11.0. The molecule has 0 bridgehead atoms. The van der Waals surface area contributed by atoms with E-state index in [0.717, 1.165) is 25.7 Å². The SMILES string of the molecule is O=C(CS(=O)c1cccc(F)c1)C1CCCCC1. The fourth-order valence-electron chi connectivity index (χ4n) is 2.36. The molecule has 0 saturated heterocycles. The van der Waals surface area contributed by atoms with Crippen molar-refractivity contribution in [3.63, 3.8) is 0 Å². The number of hydrogen-bond acceptors (Lipinski definition) is 2. The highest BCUT2D eigenvalue weighted by atomic mass is 32.2. The van der Waals surface area contributed by atoms with Gasteiger partial charge in [0.15, 0.2) is 0 Å². The predicted octanol–water partition coefficient (Wildman–Crippen LogP) is 3.08. The Kier molecular flexibility index (Phi) is 4.64. The van der Waals surface area contributed by atoms with Crippen LogP contribution >= 0.6 is 0 Å². The lowest BCUT2D eigenvalue weighted by molar-refractivity contribution is -0.121. The Morgan fingerprint density at radius 3 is 2.67 bits per heavy atom. The van der Waals surface area contributed by atoms with Crippen LogP contribution in [0.3, 0.4) is 0 Å². The quantitative estimate of drug-likeness (QED) is 0.841. The van der Waals surface area contributed by atoms with E-state index in [1.165, 1.54) is 24.6 Å². The van der Waals surface area contributed by atoms with E-state index in [1.54, 1.807) is 6.07 Å². The largest absolute Gasteiger partial charge is 0.298 e. The molecule has 1 atom stereocenters. The van der Waals surface area contributed by atoms with Crippen molar-refractivity contribution in [2.24, 2.45) is 5.92 Å². The summed E-state index contributed by atoms with van der Waals surface area (Å²) < 4.78 is 25.0. The molecule has 1 aliphatic carbocycles. The summed E-state index contributed by atoms with van der Waals surface area (Å²) in [5.41, 5.74) is 0. The fourth-order valence-corrected chi connectivity index (χ4v) is 3.50. The van der Waals surface area contributed by atoms with Crippen LogP contribution in [0.2, 0.25) is 0 Å². The molecule has 0 radical (unpaired) electrons. The molecule has 2 rings (SSSR count). The van der Waals surface area contributed by atoms with Gasteiger partial charge in [-0.25, -0.2) is 4.39 Å². The molecule has 0 aliphatic heterocycles. The van der Waals surface area contributed by atoms with E-state index in [2.05, 4.69) is 0 Å². The number of carbonyl (C=O) groups excluding carboxylic acids is 1. The summed E-state index contributed by atoms with van der Waals surface area (Å²) in [6, 6.07) is 5.68. The zero-order valence-electron chi connectivity index (χ0n) is 10.2. The molecule has 1 fully saturated rings. The standard InChI is InChI=1S/C14H17FO2S/c15-12-7-4-8-13(9-12)18(17)10-14(16)11-5-2-1-3-6-11/h4,7-9,11H,1-3,5-6,10H2. The maximum atomic E-state index is 13.0. The molecule has 4 heteroatoms. The first-order chi connectivity index (χ1) is 8.66. The minimum atomic E-state index is -1.41. The van der Waals surface area contributed by atoms with Gasteiger partial charge in [0.05, 0.1) is 16.6 Å².